The maximum atomic E-state index is 10.7. The van der Waals surface area contributed by atoms with Crippen LogP contribution in [0.1, 0.15) is 126 Å². The second kappa shape index (κ2) is 37.1. The average molecular weight is 421 g/mol. The first-order valence-corrected chi connectivity index (χ1v) is 11.1. The largest absolute Gasteiger partial charge is 0.481 e. The fourth-order valence-corrected chi connectivity index (χ4v) is 1.25. The molecule has 29 heavy (non-hydrogen) atoms. The molecule has 6 nitrogen and oxygen atoms in total. The molecule has 0 bridgehead atoms. The topological polar surface area (TPSA) is 109 Å². The summed E-state index contributed by atoms with van der Waals surface area (Å²) in [5, 5.41) is 15.6. The van der Waals surface area contributed by atoms with Crippen LogP contribution in [0.15, 0.2) is 0 Å². The summed E-state index contributed by atoms with van der Waals surface area (Å²) in [4.78, 5) is 39.5. The lowest BCUT2D eigenvalue weighted by molar-refractivity contribution is -0.148. The van der Waals surface area contributed by atoms with Crippen LogP contribution in [0.2, 0.25) is 0 Å². The second-order valence-electron chi connectivity index (χ2n) is 6.24. The summed E-state index contributed by atoms with van der Waals surface area (Å²) in [6.07, 6.45) is 10.6. The Kier molecular flexibility index (Phi) is 48.5. The molecule has 0 spiro atoms. The monoisotopic (exact) mass is 420 g/mol. The number of aliphatic carboxylic acids is 2. The summed E-state index contributed by atoms with van der Waals surface area (Å²) in [6.45, 7) is 15.9. The van der Waals surface area contributed by atoms with E-state index in [1.54, 1.807) is 6.92 Å². The Balaban J connectivity index is -0.0000000866. The van der Waals surface area contributed by atoms with Gasteiger partial charge in [0, 0.05) is 25.7 Å². The van der Waals surface area contributed by atoms with Crippen molar-refractivity contribution in [2.45, 2.75) is 126 Å². The van der Waals surface area contributed by atoms with E-state index in [2.05, 4.69) is 34.6 Å². The number of hydrogen-bond donors (Lipinski definition) is 2. The number of Topliss-reactive ketones (excluding diaryl/α,β-unsaturated/α-hetero) is 2. The van der Waals surface area contributed by atoms with E-state index in [0.29, 0.717) is 12.2 Å². The van der Waals surface area contributed by atoms with Gasteiger partial charge in [-0.2, -0.15) is 0 Å². The van der Waals surface area contributed by atoms with E-state index in [0.717, 1.165) is 12.8 Å². The second-order valence-corrected chi connectivity index (χ2v) is 6.24. The quantitative estimate of drug-likeness (QED) is 0.301. The van der Waals surface area contributed by atoms with Crippen LogP contribution >= 0.6 is 0 Å². The van der Waals surface area contributed by atoms with Crippen LogP contribution in [0.5, 0.6) is 0 Å². The van der Waals surface area contributed by atoms with Crippen molar-refractivity contribution in [1.29, 1.82) is 0 Å². The van der Waals surface area contributed by atoms with Crippen molar-refractivity contribution in [3.63, 3.8) is 0 Å². The Morgan fingerprint density at radius 1 is 0.586 bits per heavy atom. The van der Waals surface area contributed by atoms with E-state index >= 15 is 0 Å². The fraction of sp³-hybridized carbons (Fsp3) is 0.826. The van der Waals surface area contributed by atoms with E-state index in [1.165, 1.54) is 45.4 Å². The van der Waals surface area contributed by atoms with Gasteiger partial charge in [-0.3, -0.25) is 14.4 Å². The van der Waals surface area contributed by atoms with Gasteiger partial charge in [0.25, 0.3) is 0 Å². The molecular weight excluding hydrogens is 372 g/mol. The summed E-state index contributed by atoms with van der Waals surface area (Å²) < 4.78 is 0. The van der Waals surface area contributed by atoms with Gasteiger partial charge in [-0.05, 0) is 6.42 Å². The summed E-state index contributed by atoms with van der Waals surface area (Å²) in [5.74, 6) is -2.42. The molecule has 0 aliphatic carbocycles. The molecule has 0 aliphatic heterocycles. The van der Waals surface area contributed by atoms with E-state index in [4.69, 9.17) is 10.2 Å². The molecule has 0 saturated heterocycles. The SMILES string of the molecule is CCC.CCC(=O)C(=O)O.CCC(=O)O.CCCCC.CCCCCC(=O)CC. The molecule has 0 aromatic carbocycles. The standard InChI is InChI=1S/C8H16O.C5H12.C4H6O3.C3H6O2.C3H8/c1-3-5-6-7-8(9)4-2;1-3-5-4-2;1-2-3(5)4(6)7;1-2-3(4)5;1-3-2/h3-7H2,1-2H3;3-5H2,1-2H3;2H2,1H3,(H,6,7);2H2,1H3,(H,4,5);3H2,1-2H3. The molecule has 0 aromatic heterocycles. The van der Waals surface area contributed by atoms with Gasteiger partial charge in [0.05, 0.1) is 0 Å². The molecule has 0 aliphatic rings. The van der Waals surface area contributed by atoms with Gasteiger partial charge in [-0.1, -0.05) is 93.9 Å². The van der Waals surface area contributed by atoms with Crippen molar-refractivity contribution >= 4 is 23.5 Å². The number of unbranched alkanes of at least 4 members (excludes halogenated alkanes) is 4. The third-order valence-corrected chi connectivity index (χ3v) is 3.02. The lowest BCUT2D eigenvalue weighted by atomic mass is 10.1. The van der Waals surface area contributed by atoms with E-state index in [-0.39, 0.29) is 12.8 Å². The molecule has 176 valence electrons. The average Bonchev–Trinajstić information content (AvgIpc) is 2.69. The molecule has 0 radical (unpaired) electrons. The van der Waals surface area contributed by atoms with Crippen LogP contribution in [-0.4, -0.2) is 33.7 Å². The zero-order valence-corrected chi connectivity index (χ0v) is 20.3. The lowest BCUT2D eigenvalue weighted by Crippen LogP contribution is -2.09. The Bertz CT molecular complexity index is 362. The Morgan fingerprint density at radius 3 is 1.10 bits per heavy atom. The molecule has 0 rings (SSSR count). The minimum absolute atomic E-state index is 0.0787. The molecule has 2 N–H and O–H groups in total. The first kappa shape index (κ1) is 38.0. The number of carbonyl (C=O) groups is 4. The minimum Gasteiger partial charge on any atom is -0.481 e. The number of carbonyl (C=O) groups excluding carboxylic acids is 2. The minimum atomic E-state index is -1.34. The van der Waals surface area contributed by atoms with E-state index in [9.17, 15) is 19.2 Å². The van der Waals surface area contributed by atoms with Crippen molar-refractivity contribution in [1.82, 2.24) is 0 Å². The van der Waals surface area contributed by atoms with Gasteiger partial charge in [0.15, 0.2) is 0 Å². The van der Waals surface area contributed by atoms with Crippen LogP contribution in [0.25, 0.3) is 0 Å². The Morgan fingerprint density at radius 2 is 0.966 bits per heavy atom. The number of hydrogen-bond acceptors (Lipinski definition) is 4. The van der Waals surface area contributed by atoms with Crippen LogP contribution in [-0.2, 0) is 19.2 Å². The maximum absolute atomic E-state index is 10.7. The van der Waals surface area contributed by atoms with Crippen molar-refractivity contribution < 1.29 is 29.4 Å². The zero-order valence-electron chi connectivity index (χ0n) is 20.3. The highest BCUT2D eigenvalue weighted by molar-refractivity contribution is 6.32. The first-order chi connectivity index (χ1) is 13.6. The Hall–Kier alpha value is -1.72. The number of rotatable bonds is 10. The van der Waals surface area contributed by atoms with Gasteiger partial charge in [-0.25, -0.2) is 4.79 Å². The molecule has 0 fully saturated rings. The third kappa shape index (κ3) is 66.4. The van der Waals surface area contributed by atoms with Gasteiger partial charge in [0.2, 0.25) is 5.78 Å². The molecule has 6 heteroatoms. The summed E-state index contributed by atoms with van der Waals surface area (Å²) in [6, 6.07) is 0. The highest BCUT2D eigenvalue weighted by Crippen LogP contribution is 2.00. The van der Waals surface area contributed by atoms with E-state index < -0.39 is 17.7 Å². The molecular formula is C23H48O6. The lowest BCUT2D eigenvalue weighted by Gasteiger charge is -1.93. The predicted molar refractivity (Wildman–Crippen MR) is 121 cm³/mol. The van der Waals surface area contributed by atoms with Crippen LogP contribution in [0.3, 0.4) is 0 Å². The smallest absolute Gasteiger partial charge is 0.372 e. The highest BCUT2D eigenvalue weighted by Gasteiger charge is 2.05. The molecule has 0 amide bonds. The third-order valence-electron chi connectivity index (χ3n) is 3.02. The zero-order chi connectivity index (χ0) is 24.1. The first-order valence-electron chi connectivity index (χ1n) is 11.1. The van der Waals surface area contributed by atoms with Gasteiger partial charge in [0.1, 0.15) is 5.78 Å². The van der Waals surface area contributed by atoms with Crippen molar-refractivity contribution in [2.24, 2.45) is 0 Å². The van der Waals surface area contributed by atoms with Gasteiger partial charge in [-0.15, -0.1) is 0 Å². The summed E-state index contributed by atoms with van der Waals surface area (Å²) in [5.41, 5.74) is 0. The molecule has 0 aromatic rings. The molecule has 0 unspecified atom stereocenters. The van der Waals surface area contributed by atoms with Crippen molar-refractivity contribution in [3.8, 4) is 0 Å². The van der Waals surface area contributed by atoms with E-state index in [1.807, 2.05) is 6.92 Å². The van der Waals surface area contributed by atoms with Gasteiger partial charge >= 0.3 is 11.9 Å². The molecule has 0 saturated carbocycles. The van der Waals surface area contributed by atoms with Crippen molar-refractivity contribution in [2.75, 3.05) is 0 Å². The normalized spacial score (nSPS) is 8.28. The maximum Gasteiger partial charge on any atom is 0.372 e. The Labute approximate surface area is 179 Å². The highest BCUT2D eigenvalue weighted by atomic mass is 16.4. The number of carboxylic acids is 2. The van der Waals surface area contributed by atoms with Crippen molar-refractivity contribution in [3.05, 3.63) is 0 Å². The van der Waals surface area contributed by atoms with Gasteiger partial charge < -0.3 is 10.2 Å². The number of ketones is 2. The number of carboxylic acid groups (broad SMARTS) is 2. The summed E-state index contributed by atoms with van der Waals surface area (Å²) >= 11 is 0. The molecule has 0 atom stereocenters. The molecule has 0 heterocycles. The summed E-state index contributed by atoms with van der Waals surface area (Å²) in [7, 11) is 0. The fourth-order valence-electron chi connectivity index (χ4n) is 1.25. The van der Waals surface area contributed by atoms with Crippen LogP contribution < -0.4 is 0 Å². The predicted octanol–water partition coefficient (Wildman–Crippen LogP) is 6.69. The van der Waals surface area contributed by atoms with Crippen LogP contribution in [0, 0.1) is 0 Å². The van der Waals surface area contributed by atoms with Crippen LogP contribution in [0.4, 0.5) is 0 Å².